The summed E-state index contributed by atoms with van der Waals surface area (Å²) in [6.07, 6.45) is 24.9. The van der Waals surface area contributed by atoms with Crippen LogP contribution in [0.3, 0.4) is 0 Å². The molecule has 0 N–H and O–H groups in total. The maximum absolute atomic E-state index is 12.2. The van der Waals surface area contributed by atoms with Crippen LogP contribution in [0.15, 0.2) is 18.2 Å². The van der Waals surface area contributed by atoms with Crippen molar-refractivity contribution in [1.82, 2.24) is 0 Å². The highest BCUT2D eigenvalue weighted by Crippen LogP contribution is 2.48. The van der Waals surface area contributed by atoms with Gasteiger partial charge in [-0.25, -0.2) is 0 Å². The Morgan fingerprint density at radius 2 is 0.886 bits per heavy atom. The lowest BCUT2D eigenvalue weighted by atomic mass is 9.98. The normalized spacial score (nSPS) is 11.8. The number of rotatable bonds is 24. The van der Waals surface area contributed by atoms with Crippen LogP contribution in [0.5, 0.6) is 5.75 Å². The molecular weight excluding hydrogens is 487 g/mol. The Hall–Kier alpha value is 0.110. The van der Waals surface area contributed by atoms with Gasteiger partial charge in [0.1, 0.15) is 0 Å². The van der Waals surface area contributed by atoms with Crippen LogP contribution in [-0.4, -0.2) is 0 Å². The molecule has 0 saturated carbocycles. The summed E-state index contributed by atoms with van der Waals surface area (Å²) in [5.41, 5.74) is 2.26. The van der Waals surface area contributed by atoms with E-state index in [0.29, 0.717) is 0 Å². The van der Waals surface area contributed by atoms with Crippen molar-refractivity contribution in [2.75, 3.05) is 0 Å². The molecule has 5 heteroatoms. The van der Waals surface area contributed by atoms with E-state index in [1.165, 1.54) is 116 Å². The molecule has 0 amide bonds. The first-order valence-corrected chi connectivity index (χ1v) is 18.5. The zero-order valence-corrected chi connectivity index (χ0v) is 25.4. The van der Waals surface area contributed by atoms with Crippen molar-refractivity contribution in [3.63, 3.8) is 0 Å². The number of unbranched alkanes of at least 4 members (excludes halogenated alkanes) is 18. The third kappa shape index (κ3) is 18.9. The SMILES string of the molecule is CCCCCCCCCCCCc1cccc(CCCCCCCCCCCC)c1O[P+]([O-])([S-])[S-]. The van der Waals surface area contributed by atoms with E-state index in [9.17, 15) is 4.89 Å². The molecule has 0 aliphatic carbocycles. The molecule has 0 unspecified atom stereocenters. The van der Waals surface area contributed by atoms with E-state index in [1.54, 1.807) is 0 Å². The summed E-state index contributed by atoms with van der Waals surface area (Å²) in [5.74, 6) is 0.729. The molecule has 0 aliphatic heterocycles. The van der Waals surface area contributed by atoms with Gasteiger partial charge in [0.25, 0.3) is 0 Å². The molecule has 0 aliphatic rings. The van der Waals surface area contributed by atoms with Crippen LogP contribution in [0, 0.1) is 0 Å². The Morgan fingerprint density at radius 1 is 0.571 bits per heavy atom. The fourth-order valence-electron chi connectivity index (χ4n) is 4.87. The second-order valence-corrected chi connectivity index (χ2v) is 15.0. The third-order valence-electron chi connectivity index (χ3n) is 6.98. The highest BCUT2D eigenvalue weighted by Gasteiger charge is 2.13. The second kappa shape index (κ2) is 22.1. The van der Waals surface area contributed by atoms with Gasteiger partial charge in [0, 0.05) is 0 Å². The van der Waals surface area contributed by atoms with Gasteiger partial charge in [0.15, 0.2) is 5.75 Å². The van der Waals surface area contributed by atoms with E-state index in [1.807, 2.05) is 0 Å². The molecule has 204 valence electrons. The van der Waals surface area contributed by atoms with Crippen LogP contribution in [0.25, 0.3) is 0 Å². The first kappa shape index (κ1) is 33.1. The predicted octanol–water partition coefficient (Wildman–Crippen LogP) is 10.1. The van der Waals surface area contributed by atoms with Crippen LogP contribution in [-0.2, 0) is 37.3 Å². The Kier molecular flexibility index (Phi) is 20.9. The van der Waals surface area contributed by atoms with Crippen molar-refractivity contribution in [3.8, 4) is 5.75 Å². The number of benzene rings is 1. The number of hydrogen-bond acceptors (Lipinski definition) is 4. The van der Waals surface area contributed by atoms with Gasteiger partial charge in [-0.1, -0.05) is 148 Å². The summed E-state index contributed by atoms with van der Waals surface area (Å²) in [7, 11) is 0. The molecule has 0 spiro atoms. The molecule has 0 heterocycles. The molecule has 1 aromatic rings. The van der Waals surface area contributed by atoms with E-state index in [-0.39, 0.29) is 0 Å². The maximum atomic E-state index is 12.2. The fourth-order valence-corrected chi connectivity index (χ4v) is 5.77. The van der Waals surface area contributed by atoms with Gasteiger partial charge in [-0.3, -0.25) is 0 Å². The van der Waals surface area contributed by atoms with Gasteiger partial charge in [-0.2, -0.15) is 0 Å². The van der Waals surface area contributed by atoms with Crippen LogP contribution in [0.1, 0.15) is 153 Å². The van der Waals surface area contributed by atoms with Crippen LogP contribution in [0.4, 0.5) is 0 Å². The van der Waals surface area contributed by atoms with Crippen molar-refractivity contribution in [1.29, 1.82) is 0 Å². The van der Waals surface area contributed by atoms with Gasteiger partial charge in [-0.05, 0) is 36.8 Å². The summed E-state index contributed by atoms with van der Waals surface area (Å²) in [5, 5.41) is 0. The van der Waals surface area contributed by atoms with Crippen LogP contribution in [0.2, 0.25) is 0 Å². The second-order valence-electron chi connectivity index (χ2n) is 10.3. The summed E-state index contributed by atoms with van der Waals surface area (Å²) in [6.45, 7) is 4.54. The van der Waals surface area contributed by atoms with Gasteiger partial charge in [0.05, 0.1) is 0 Å². The lowest BCUT2D eigenvalue weighted by Crippen LogP contribution is -2.12. The minimum atomic E-state index is -3.41. The van der Waals surface area contributed by atoms with E-state index < -0.39 is 6.12 Å². The number of para-hydroxylation sites is 1. The van der Waals surface area contributed by atoms with Crippen molar-refractivity contribution in [3.05, 3.63) is 29.3 Å². The monoisotopic (exact) mass is 540 g/mol. The molecule has 0 saturated heterocycles. The predicted molar refractivity (Wildman–Crippen MR) is 160 cm³/mol. The molecule has 0 atom stereocenters. The molecule has 0 bridgehead atoms. The molecule has 1 aromatic carbocycles. The molecular formula is C30H53O2PS2-2. The van der Waals surface area contributed by atoms with E-state index in [4.69, 9.17) is 29.0 Å². The smallest absolute Gasteiger partial charge is 0.174 e. The Morgan fingerprint density at radius 3 is 1.20 bits per heavy atom. The number of hydrogen-bond donors (Lipinski definition) is 0. The maximum Gasteiger partial charge on any atom is 0.174 e. The van der Waals surface area contributed by atoms with Crippen molar-refractivity contribution in [2.24, 2.45) is 0 Å². The Labute approximate surface area is 229 Å². The zero-order chi connectivity index (χ0) is 25.6. The van der Waals surface area contributed by atoms with E-state index >= 15 is 0 Å². The molecule has 0 aromatic heterocycles. The minimum Gasteiger partial charge on any atom is -0.682 e. The lowest BCUT2D eigenvalue weighted by molar-refractivity contribution is -0.169. The van der Waals surface area contributed by atoms with Gasteiger partial charge in [-0.15, -0.1) is 6.12 Å². The topological polar surface area (TPSA) is 32.3 Å². The van der Waals surface area contributed by atoms with Crippen molar-refractivity contribution >= 4 is 30.6 Å². The highest BCUT2D eigenvalue weighted by atomic mass is 33.1. The fraction of sp³-hybridized carbons (Fsp3) is 0.800. The lowest BCUT2D eigenvalue weighted by Gasteiger charge is -2.43. The molecule has 0 fully saturated rings. The molecule has 0 radical (unpaired) electrons. The Balaban J connectivity index is 2.37. The third-order valence-corrected chi connectivity index (χ3v) is 7.83. The average molecular weight is 541 g/mol. The highest BCUT2D eigenvalue weighted by molar-refractivity contribution is 8.69. The first-order chi connectivity index (χ1) is 17.0. The average Bonchev–Trinajstić information content (AvgIpc) is 2.82. The molecule has 2 nitrogen and oxygen atoms in total. The van der Waals surface area contributed by atoms with Gasteiger partial charge in [0.2, 0.25) is 0 Å². The van der Waals surface area contributed by atoms with Crippen LogP contribution < -0.4 is 9.42 Å². The Bertz CT molecular complexity index is 577. The summed E-state index contributed by atoms with van der Waals surface area (Å²) >= 11 is 9.95. The van der Waals surface area contributed by atoms with E-state index in [2.05, 4.69) is 32.0 Å². The summed E-state index contributed by atoms with van der Waals surface area (Å²) in [6, 6.07) is 6.32. The van der Waals surface area contributed by atoms with Crippen molar-refractivity contribution in [2.45, 2.75) is 155 Å². The van der Waals surface area contributed by atoms with Crippen molar-refractivity contribution < 1.29 is 9.42 Å². The van der Waals surface area contributed by atoms with Crippen LogP contribution >= 0.6 is 6.12 Å². The molecule has 35 heavy (non-hydrogen) atoms. The standard InChI is InChI=1S/C30H55O2PS2/c1-3-5-7-9-11-13-15-17-19-21-24-28-26-23-27-29(30(28)32-33(31,34)35)25-22-20-18-16-14-12-10-8-6-4-2/h23,26-27H,3-22,24-25H2,1-2H3,(H2,31,34,35)/p-2. The van der Waals surface area contributed by atoms with Gasteiger partial charge >= 0.3 is 0 Å². The zero-order valence-electron chi connectivity index (χ0n) is 22.9. The minimum absolute atomic E-state index is 0.729. The summed E-state index contributed by atoms with van der Waals surface area (Å²) in [4.78, 5) is 12.2. The largest absolute Gasteiger partial charge is 0.682 e. The van der Waals surface area contributed by atoms with Gasteiger partial charge < -0.3 is 33.9 Å². The summed E-state index contributed by atoms with van der Waals surface area (Å²) < 4.78 is 5.73. The first-order valence-electron chi connectivity index (χ1n) is 14.8. The quantitative estimate of drug-likeness (QED) is 0.0741. The molecule has 1 rings (SSSR count). The number of aryl methyl sites for hydroxylation is 2. The van der Waals surface area contributed by atoms with E-state index in [0.717, 1.165) is 42.6 Å².